The molecule has 8 heteroatoms. The summed E-state index contributed by atoms with van der Waals surface area (Å²) in [5.74, 6) is -0.612. The largest absolute Gasteiger partial charge is 0.352 e. The molecule has 1 aromatic carbocycles. The Balaban J connectivity index is 1.88. The quantitative estimate of drug-likeness (QED) is 0.699. The van der Waals surface area contributed by atoms with E-state index in [-0.39, 0.29) is 33.5 Å². The molecule has 5 nitrogen and oxygen atoms in total. The molecule has 2 aromatic rings. The SMILES string of the molecule is Cc1cccc(N(CC(=O)NC2CCCCC2)C(=O)c2nsc(Cl)c2Cl)c1C. The Morgan fingerprint density at radius 3 is 2.57 bits per heavy atom. The lowest BCUT2D eigenvalue weighted by Crippen LogP contribution is -2.45. The van der Waals surface area contributed by atoms with Gasteiger partial charge in [-0.25, -0.2) is 0 Å². The lowest BCUT2D eigenvalue weighted by Gasteiger charge is -2.27. The van der Waals surface area contributed by atoms with Crippen molar-refractivity contribution in [3.8, 4) is 0 Å². The van der Waals surface area contributed by atoms with Gasteiger partial charge in [0.25, 0.3) is 5.91 Å². The van der Waals surface area contributed by atoms with Crippen LogP contribution >= 0.6 is 34.7 Å². The van der Waals surface area contributed by atoms with E-state index in [2.05, 4.69) is 9.69 Å². The van der Waals surface area contributed by atoms with Gasteiger partial charge < -0.3 is 5.32 Å². The minimum Gasteiger partial charge on any atom is -0.352 e. The molecule has 0 saturated heterocycles. The van der Waals surface area contributed by atoms with E-state index in [9.17, 15) is 9.59 Å². The number of nitrogens with zero attached hydrogens (tertiary/aromatic N) is 2. The van der Waals surface area contributed by atoms with Gasteiger partial charge in [-0.05, 0) is 55.4 Å². The predicted molar refractivity (Wildman–Crippen MR) is 115 cm³/mol. The van der Waals surface area contributed by atoms with Gasteiger partial charge in [-0.15, -0.1) is 0 Å². The van der Waals surface area contributed by atoms with Crippen molar-refractivity contribution in [3.63, 3.8) is 0 Å². The average molecular weight is 440 g/mol. The summed E-state index contributed by atoms with van der Waals surface area (Å²) in [6, 6.07) is 5.84. The molecular weight excluding hydrogens is 417 g/mol. The van der Waals surface area contributed by atoms with Crippen molar-refractivity contribution in [1.29, 1.82) is 0 Å². The highest BCUT2D eigenvalue weighted by Gasteiger charge is 2.28. The normalized spacial score (nSPS) is 14.7. The predicted octanol–water partition coefficient (Wildman–Crippen LogP) is 5.16. The molecule has 0 spiro atoms. The van der Waals surface area contributed by atoms with Gasteiger partial charge in [-0.3, -0.25) is 14.5 Å². The Morgan fingerprint density at radius 2 is 1.93 bits per heavy atom. The standard InChI is InChI=1S/C20H23Cl2N3O2S/c1-12-7-6-10-15(13(12)2)25(20(27)18-17(21)19(22)28-24-18)11-16(26)23-14-8-4-3-5-9-14/h6-7,10,14H,3-5,8-9,11H2,1-2H3,(H,23,26). The summed E-state index contributed by atoms with van der Waals surface area (Å²) in [5, 5.41) is 3.19. The molecule has 0 bridgehead atoms. The molecule has 0 radical (unpaired) electrons. The van der Waals surface area contributed by atoms with Crippen molar-refractivity contribution < 1.29 is 9.59 Å². The number of amides is 2. The van der Waals surface area contributed by atoms with Gasteiger partial charge in [0.15, 0.2) is 5.69 Å². The molecule has 0 unspecified atom stereocenters. The van der Waals surface area contributed by atoms with Crippen molar-refractivity contribution in [1.82, 2.24) is 9.69 Å². The van der Waals surface area contributed by atoms with E-state index in [1.165, 1.54) is 11.3 Å². The molecule has 1 N–H and O–H groups in total. The molecule has 1 saturated carbocycles. The highest BCUT2D eigenvalue weighted by molar-refractivity contribution is 7.11. The minimum absolute atomic E-state index is 0.0723. The summed E-state index contributed by atoms with van der Waals surface area (Å²) < 4.78 is 4.35. The Labute approximate surface area is 179 Å². The maximum absolute atomic E-state index is 13.2. The van der Waals surface area contributed by atoms with E-state index in [1.807, 2.05) is 32.0 Å². The van der Waals surface area contributed by atoms with Gasteiger partial charge in [0, 0.05) is 11.7 Å². The van der Waals surface area contributed by atoms with E-state index < -0.39 is 5.91 Å². The van der Waals surface area contributed by atoms with E-state index in [4.69, 9.17) is 23.2 Å². The Kier molecular flexibility index (Phi) is 6.96. The first-order chi connectivity index (χ1) is 13.4. The molecular formula is C20H23Cl2N3O2S. The Hall–Kier alpha value is -1.63. The summed E-state index contributed by atoms with van der Waals surface area (Å²) in [6.07, 6.45) is 5.42. The monoisotopic (exact) mass is 439 g/mol. The summed E-state index contributed by atoms with van der Waals surface area (Å²) in [5.41, 5.74) is 2.70. The fourth-order valence-corrected chi connectivity index (χ4v) is 4.47. The van der Waals surface area contributed by atoms with Gasteiger partial charge >= 0.3 is 0 Å². The fourth-order valence-electron chi connectivity index (χ4n) is 3.48. The number of halogens is 2. The van der Waals surface area contributed by atoms with Gasteiger partial charge in [0.2, 0.25) is 5.91 Å². The van der Waals surface area contributed by atoms with Crippen molar-refractivity contribution in [3.05, 3.63) is 44.4 Å². The number of hydrogen-bond acceptors (Lipinski definition) is 4. The third-order valence-electron chi connectivity index (χ3n) is 5.18. The number of hydrogen-bond donors (Lipinski definition) is 1. The molecule has 1 aliphatic carbocycles. The zero-order valence-electron chi connectivity index (χ0n) is 15.9. The molecule has 0 atom stereocenters. The molecule has 150 valence electrons. The van der Waals surface area contributed by atoms with Crippen LogP contribution in [0.4, 0.5) is 5.69 Å². The number of nitrogens with one attached hydrogen (secondary N) is 1. The number of rotatable bonds is 5. The van der Waals surface area contributed by atoms with E-state index in [0.29, 0.717) is 5.69 Å². The van der Waals surface area contributed by atoms with Crippen LogP contribution in [0.5, 0.6) is 0 Å². The van der Waals surface area contributed by atoms with Gasteiger partial charge in [0.05, 0.1) is 0 Å². The summed E-state index contributed by atoms with van der Waals surface area (Å²) in [7, 11) is 0. The first kappa shape index (κ1) is 21.1. The molecule has 1 aromatic heterocycles. The second-order valence-corrected chi connectivity index (χ2v) is 8.89. The second kappa shape index (κ2) is 9.25. The zero-order valence-corrected chi connectivity index (χ0v) is 18.3. The van der Waals surface area contributed by atoms with Gasteiger partial charge in [-0.1, -0.05) is 54.6 Å². The third kappa shape index (κ3) is 4.67. The van der Waals surface area contributed by atoms with Crippen LogP contribution in [0.15, 0.2) is 18.2 Å². The Morgan fingerprint density at radius 1 is 1.21 bits per heavy atom. The molecule has 1 aliphatic rings. The third-order valence-corrected chi connectivity index (χ3v) is 6.80. The van der Waals surface area contributed by atoms with Crippen LogP contribution in [-0.4, -0.2) is 28.8 Å². The van der Waals surface area contributed by atoms with E-state index in [1.54, 1.807) is 0 Å². The topological polar surface area (TPSA) is 62.3 Å². The van der Waals surface area contributed by atoms with Crippen molar-refractivity contribution in [2.45, 2.75) is 52.0 Å². The van der Waals surface area contributed by atoms with Crippen LogP contribution < -0.4 is 10.2 Å². The molecule has 1 heterocycles. The zero-order chi connectivity index (χ0) is 20.3. The van der Waals surface area contributed by atoms with Gasteiger partial charge in [0.1, 0.15) is 15.9 Å². The van der Waals surface area contributed by atoms with Crippen LogP contribution in [0.25, 0.3) is 0 Å². The fraction of sp³-hybridized carbons (Fsp3) is 0.450. The maximum Gasteiger partial charge on any atom is 0.280 e. The van der Waals surface area contributed by atoms with Crippen LogP contribution in [-0.2, 0) is 4.79 Å². The molecule has 1 fully saturated rings. The lowest BCUT2D eigenvalue weighted by atomic mass is 9.95. The van der Waals surface area contributed by atoms with Crippen molar-refractivity contribution in [2.75, 3.05) is 11.4 Å². The number of anilines is 1. The van der Waals surface area contributed by atoms with Crippen molar-refractivity contribution in [2.24, 2.45) is 0 Å². The minimum atomic E-state index is -0.430. The number of carbonyl (C=O) groups is 2. The molecule has 2 amide bonds. The number of carbonyl (C=O) groups excluding carboxylic acids is 2. The first-order valence-corrected chi connectivity index (χ1v) is 10.9. The molecule has 3 rings (SSSR count). The van der Waals surface area contributed by atoms with Crippen LogP contribution in [0, 0.1) is 13.8 Å². The van der Waals surface area contributed by atoms with Crippen LogP contribution in [0.3, 0.4) is 0 Å². The average Bonchev–Trinajstić information content (AvgIpc) is 3.01. The highest BCUT2D eigenvalue weighted by Crippen LogP contribution is 2.32. The first-order valence-electron chi connectivity index (χ1n) is 9.36. The van der Waals surface area contributed by atoms with E-state index >= 15 is 0 Å². The summed E-state index contributed by atoms with van der Waals surface area (Å²) >= 11 is 13.1. The maximum atomic E-state index is 13.2. The number of benzene rings is 1. The summed E-state index contributed by atoms with van der Waals surface area (Å²) in [4.78, 5) is 27.4. The van der Waals surface area contributed by atoms with Gasteiger partial charge in [-0.2, -0.15) is 4.37 Å². The molecule has 28 heavy (non-hydrogen) atoms. The smallest absolute Gasteiger partial charge is 0.280 e. The number of aryl methyl sites for hydroxylation is 1. The van der Waals surface area contributed by atoms with Crippen LogP contribution in [0.1, 0.15) is 53.7 Å². The van der Waals surface area contributed by atoms with Crippen molar-refractivity contribution >= 4 is 52.2 Å². The number of aromatic nitrogens is 1. The summed E-state index contributed by atoms with van der Waals surface area (Å²) in [6.45, 7) is 3.81. The molecule has 0 aliphatic heterocycles. The lowest BCUT2D eigenvalue weighted by molar-refractivity contribution is -0.120. The van der Waals surface area contributed by atoms with E-state index in [0.717, 1.165) is 48.3 Å². The van der Waals surface area contributed by atoms with Crippen LogP contribution in [0.2, 0.25) is 9.36 Å². The second-order valence-electron chi connectivity index (χ2n) is 7.13. The highest BCUT2D eigenvalue weighted by atomic mass is 35.5. The Bertz CT molecular complexity index is 878.